The Hall–Kier alpha value is -2.48. The largest absolute Gasteiger partial charge is 0.390 e. The maximum absolute atomic E-state index is 11.2. The van der Waals surface area contributed by atoms with E-state index in [1.165, 1.54) is 33.0 Å². The van der Waals surface area contributed by atoms with Crippen LogP contribution in [0.5, 0.6) is 0 Å². The number of aromatic nitrogens is 1. The fourth-order valence-corrected chi connectivity index (χ4v) is 7.26. The zero-order valence-corrected chi connectivity index (χ0v) is 24.2. The Balaban J connectivity index is 1.07. The van der Waals surface area contributed by atoms with Gasteiger partial charge in [0.2, 0.25) is 0 Å². The molecule has 1 N–H and O–H groups in total. The Kier molecular flexibility index (Phi) is 6.41. The first-order chi connectivity index (χ1) is 18.6. The summed E-state index contributed by atoms with van der Waals surface area (Å²) in [4.78, 5) is 5.05. The molecule has 1 aromatic heterocycles. The van der Waals surface area contributed by atoms with Gasteiger partial charge in [-0.05, 0) is 58.7 Å². The standard InChI is InChI=1S/C32H29Br2N3O/c33-21-9-11-30-28(17-21)29-18-22(34)10-12-31(29)37(30)20-23(38)19-35-13-15-36(16-14-35)32-26-7-3-1-5-24(26)25-6-2-4-8-27(25)32/h1-12,17-18,23,32,38H,13-16,19-20H2/t23-/m1/s1. The number of β-amino-alcohol motifs (C(OH)–C–C–N with tert-alkyl or cyclic N) is 1. The number of aliphatic hydroxyl groups excluding tert-OH is 1. The normalized spacial score (nSPS) is 17.2. The van der Waals surface area contributed by atoms with E-state index in [1.807, 2.05) is 0 Å². The smallest absolute Gasteiger partial charge is 0.0845 e. The van der Waals surface area contributed by atoms with Crippen molar-refractivity contribution in [2.24, 2.45) is 0 Å². The number of rotatable bonds is 5. The van der Waals surface area contributed by atoms with Crippen LogP contribution in [0.2, 0.25) is 0 Å². The van der Waals surface area contributed by atoms with Crippen molar-refractivity contribution in [3.63, 3.8) is 0 Å². The zero-order valence-electron chi connectivity index (χ0n) is 21.0. The summed E-state index contributed by atoms with van der Waals surface area (Å²) in [5.74, 6) is 0. The first-order valence-corrected chi connectivity index (χ1v) is 14.8. The minimum atomic E-state index is -0.444. The van der Waals surface area contributed by atoms with Crippen LogP contribution in [0.25, 0.3) is 32.9 Å². The number of hydrogen-bond donors (Lipinski definition) is 1. The Morgan fingerprint density at radius 2 is 1.21 bits per heavy atom. The van der Waals surface area contributed by atoms with Gasteiger partial charge in [0.1, 0.15) is 0 Å². The molecule has 5 aromatic rings. The highest BCUT2D eigenvalue weighted by Gasteiger charge is 2.34. The molecule has 1 aliphatic heterocycles. The van der Waals surface area contributed by atoms with Crippen LogP contribution in [0.15, 0.2) is 93.9 Å². The van der Waals surface area contributed by atoms with Crippen LogP contribution in [0.4, 0.5) is 0 Å². The van der Waals surface area contributed by atoms with Crippen molar-refractivity contribution in [3.8, 4) is 11.1 Å². The molecule has 2 heterocycles. The third kappa shape index (κ3) is 4.23. The lowest BCUT2D eigenvalue weighted by Crippen LogP contribution is -2.49. The molecule has 38 heavy (non-hydrogen) atoms. The lowest BCUT2D eigenvalue weighted by Gasteiger charge is -2.39. The number of halogens is 2. The fourth-order valence-electron chi connectivity index (χ4n) is 6.54. The molecule has 192 valence electrons. The summed E-state index contributed by atoms with van der Waals surface area (Å²) in [7, 11) is 0. The van der Waals surface area contributed by atoms with Crippen LogP contribution in [0, 0.1) is 0 Å². The molecule has 0 amide bonds. The van der Waals surface area contributed by atoms with Crippen molar-refractivity contribution in [2.75, 3.05) is 32.7 Å². The van der Waals surface area contributed by atoms with Crippen LogP contribution in [-0.4, -0.2) is 58.3 Å². The van der Waals surface area contributed by atoms with E-state index < -0.39 is 6.10 Å². The lowest BCUT2D eigenvalue weighted by molar-refractivity contribution is 0.0571. The Labute approximate surface area is 239 Å². The molecule has 2 aliphatic rings. The molecule has 0 unspecified atom stereocenters. The molecule has 0 saturated carbocycles. The second-order valence-electron chi connectivity index (χ2n) is 10.5. The van der Waals surface area contributed by atoms with E-state index in [0.717, 1.165) is 46.2 Å². The maximum atomic E-state index is 11.2. The van der Waals surface area contributed by atoms with Gasteiger partial charge in [-0.2, -0.15) is 0 Å². The zero-order chi connectivity index (χ0) is 25.8. The molecule has 1 fully saturated rings. The summed E-state index contributed by atoms with van der Waals surface area (Å²) in [6, 6.07) is 30.8. The summed E-state index contributed by atoms with van der Waals surface area (Å²) < 4.78 is 4.40. The van der Waals surface area contributed by atoms with Crippen LogP contribution in [0.3, 0.4) is 0 Å². The van der Waals surface area contributed by atoms with Crippen LogP contribution >= 0.6 is 31.9 Å². The SMILES string of the molecule is O[C@H](CN1CCN(C2c3ccccc3-c3ccccc32)CC1)Cn1c2ccc(Br)cc2c2cc(Br)ccc21. The van der Waals surface area contributed by atoms with Gasteiger partial charge in [0, 0.05) is 63.5 Å². The van der Waals surface area contributed by atoms with Gasteiger partial charge in [0.05, 0.1) is 18.7 Å². The predicted octanol–water partition coefficient (Wildman–Crippen LogP) is 7.07. The molecule has 4 nitrogen and oxygen atoms in total. The molecule has 4 aromatic carbocycles. The molecular formula is C32H29Br2N3O. The van der Waals surface area contributed by atoms with E-state index in [9.17, 15) is 5.11 Å². The molecule has 7 rings (SSSR count). The average molecular weight is 631 g/mol. The molecule has 0 spiro atoms. The number of aliphatic hydroxyl groups is 1. The van der Waals surface area contributed by atoms with Crippen molar-refractivity contribution < 1.29 is 5.11 Å². The Morgan fingerprint density at radius 1 is 0.684 bits per heavy atom. The van der Waals surface area contributed by atoms with Crippen molar-refractivity contribution in [3.05, 3.63) is 105 Å². The summed E-state index contributed by atoms with van der Waals surface area (Å²) in [6.07, 6.45) is -0.444. The minimum Gasteiger partial charge on any atom is -0.390 e. The number of benzene rings is 4. The van der Waals surface area contributed by atoms with Gasteiger partial charge >= 0.3 is 0 Å². The average Bonchev–Trinajstić information content (AvgIpc) is 3.41. The number of hydrogen-bond acceptors (Lipinski definition) is 3. The summed E-state index contributed by atoms with van der Waals surface area (Å²) in [5.41, 5.74) is 7.90. The topological polar surface area (TPSA) is 31.6 Å². The van der Waals surface area contributed by atoms with Gasteiger partial charge in [0.15, 0.2) is 0 Å². The summed E-state index contributed by atoms with van der Waals surface area (Å²) in [5, 5.41) is 13.6. The minimum absolute atomic E-state index is 0.325. The molecular weight excluding hydrogens is 602 g/mol. The van der Waals surface area contributed by atoms with Crippen molar-refractivity contribution in [1.82, 2.24) is 14.4 Å². The van der Waals surface area contributed by atoms with E-state index in [4.69, 9.17) is 0 Å². The highest BCUT2D eigenvalue weighted by Crippen LogP contribution is 2.46. The highest BCUT2D eigenvalue weighted by molar-refractivity contribution is 9.10. The van der Waals surface area contributed by atoms with E-state index in [-0.39, 0.29) is 0 Å². The second kappa shape index (κ2) is 9.92. The Morgan fingerprint density at radius 3 is 1.76 bits per heavy atom. The Bertz CT molecular complexity index is 1550. The third-order valence-electron chi connectivity index (χ3n) is 8.22. The molecule has 1 aliphatic carbocycles. The summed E-state index contributed by atoms with van der Waals surface area (Å²) in [6.45, 7) is 5.18. The predicted molar refractivity (Wildman–Crippen MR) is 163 cm³/mol. The maximum Gasteiger partial charge on any atom is 0.0845 e. The van der Waals surface area contributed by atoms with E-state index in [0.29, 0.717) is 19.1 Å². The molecule has 1 saturated heterocycles. The van der Waals surface area contributed by atoms with E-state index >= 15 is 0 Å². The number of fused-ring (bicyclic) bond motifs is 6. The molecule has 1 atom stereocenters. The van der Waals surface area contributed by atoms with Crippen LogP contribution in [0.1, 0.15) is 17.2 Å². The van der Waals surface area contributed by atoms with E-state index in [2.05, 4.69) is 131 Å². The van der Waals surface area contributed by atoms with Gasteiger partial charge in [0.25, 0.3) is 0 Å². The highest BCUT2D eigenvalue weighted by atomic mass is 79.9. The van der Waals surface area contributed by atoms with Crippen molar-refractivity contribution in [2.45, 2.75) is 18.7 Å². The lowest BCUT2D eigenvalue weighted by atomic mass is 10.0. The van der Waals surface area contributed by atoms with Crippen LogP contribution < -0.4 is 0 Å². The van der Waals surface area contributed by atoms with Gasteiger partial charge < -0.3 is 9.67 Å². The fraction of sp³-hybridized carbons (Fsp3) is 0.250. The second-order valence-corrected chi connectivity index (χ2v) is 12.3. The van der Waals surface area contributed by atoms with Crippen molar-refractivity contribution >= 4 is 53.7 Å². The monoisotopic (exact) mass is 629 g/mol. The summed E-state index contributed by atoms with van der Waals surface area (Å²) >= 11 is 7.26. The van der Waals surface area contributed by atoms with Gasteiger partial charge in [-0.3, -0.25) is 9.80 Å². The third-order valence-corrected chi connectivity index (χ3v) is 9.21. The molecule has 0 radical (unpaired) electrons. The first kappa shape index (κ1) is 24.6. The quantitative estimate of drug-likeness (QED) is 0.225. The molecule has 6 heteroatoms. The van der Waals surface area contributed by atoms with Gasteiger partial charge in [-0.1, -0.05) is 80.4 Å². The van der Waals surface area contributed by atoms with E-state index in [1.54, 1.807) is 0 Å². The number of nitrogens with zero attached hydrogens (tertiary/aromatic N) is 3. The first-order valence-electron chi connectivity index (χ1n) is 13.3. The number of piperazine rings is 1. The molecule has 0 bridgehead atoms. The van der Waals surface area contributed by atoms with Gasteiger partial charge in [-0.15, -0.1) is 0 Å². The van der Waals surface area contributed by atoms with Crippen LogP contribution in [-0.2, 0) is 6.54 Å². The van der Waals surface area contributed by atoms with Gasteiger partial charge in [-0.25, -0.2) is 0 Å². The van der Waals surface area contributed by atoms with Crippen molar-refractivity contribution in [1.29, 1.82) is 0 Å².